The van der Waals surface area contributed by atoms with Crippen molar-refractivity contribution < 1.29 is 9.36 Å². The van der Waals surface area contributed by atoms with Crippen LogP contribution in [-0.4, -0.2) is 17.7 Å². The molecule has 0 amide bonds. The van der Waals surface area contributed by atoms with Crippen molar-refractivity contribution in [3.63, 3.8) is 0 Å². The summed E-state index contributed by atoms with van der Waals surface area (Å²) < 4.78 is 1.98. The van der Waals surface area contributed by atoms with Gasteiger partial charge >= 0.3 is 0 Å². The third-order valence-corrected chi connectivity index (χ3v) is 4.21. The van der Waals surface area contributed by atoms with Gasteiger partial charge in [-0.25, -0.2) is 4.57 Å². The SMILES string of the molecule is CC1=CC(=CC=C2C=CN(C)C=C2)C(=O)C(C=Cc2cc[n+](C)cc2)=C1. The quantitative estimate of drug-likeness (QED) is 0.616. The van der Waals surface area contributed by atoms with Gasteiger partial charge < -0.3 is 4.90 Å². The predicted octanol–water partition coefficient (Wildman–Crippen LogP) is 3.81. The van der Waals surface area contributed by atoms with Crippen LogP contribution in [0.5, 0.6) is 0 Å². The molecule has 3 nitrogen and oxygen atoms in total. The Bertz CT molecular complexity index is 903. The Morgan fingerprint density at radius 2 is 1.69 bits per heavy atom. The van der Waals surface area contributed by atoms with Gasteiger partial charge in [-0.1, -0.05) is 24.3 Å². The minimum Gasteiger partial charge on any atom is -0.357 e. The molecule has 26 heavy (non-hydrogen) atoms. The number of Topliss-reactive ketones (excluding diaryl/α,β-unsaturated/α-hetero) is 1. The van der Waals surface area contributed by atoms with Gasteiger partial charge in [0.2, 0.25) is 0 Å². The van der Waals surface area contributed by atoms with Crippen molar-refractivity contribution >= 4 is 11.9 Å². The summed E-state index contributed by atoms with van der Waals surface area (Å²) in [4.78, 5) is 14.7. The highest BCUT2D eigenvalue weighted by Crippen LogP contribution is 2.21. The number of nitrogens with zero attached hydrogens (tertiary/aromatic N) is 2. The number of aryl methyl sites for hydroxylation is 1. The molecule has 0 aromatic carbocycles. The van der Waals surface area contributed by atoms with E-state index >= 15 is 0 Å². The van der Waals surface area contributed by atoms with Crippen LogP contribution in [0.25, 0.3) is 6.08 Å². The minimum absolute atomic E-state index is 0.0473. The van der Waals surface area contributed by atoms with E-state index in [9.17, 15) is 4.79 Å². The Kier molecular flexibility index (Phi) is 5.28. The van der Waals surface area contributed by atoms with Crippen molar-refractivity contribution in [3.8, 4) is 0 Å². The molecule has 0 fully saturated rings. The second-order valence-electron chi connectivity index (χ2n) is 6.53. The molecule has 3 heteroatoms. The van der Waals surface area contributed by atoms with Gasteiger partial charge in [-0.3, -0.25) is 4.79 Å². The second kappa shape index (κ2) is 7.79. The summed E-state index contributed by atoms with van der Waals surface area (Å²) in [6.45, 7) is 2.01. The predicted molar refractivity (Wildman–Crippen MR) is 106 cm³/mol. The fraction of sp³-hybridized carbons (Fsp3) is 0.130. The van der Waals surface area contributed by atoms with E-state index in [1.54, 1.807) is 0 Å². The number of ketones is 1. The summed E-state index contributed by atoms with van der Waals surface area (Å²) in [5, 5.41) is 0. The molecule has 1 aliphatic carbocycles. The number of rotatable bonds is 3. The summed E-state index contributed by atoms with van der Waals surface area (Å²) in [6.07, 6.45) is 23.6. The molecule has 130 valence electrons. The van der Waals surface area contributed by atoms with Crippen molar-refractivity contribution in [2.75, 3.05) is 7.05 Å². The Morgan fingerprint density at radius 3 is 2.38 bits per heavy atom. The monoisotopic (exact) mass is 343 g/mol. The highest BCUT2D eigenvalue weighted by Gasteiger charge is 2.15. The van der Waals surface area contributed by atoms with E-state index in [1.807, 2.05) is 116 Å². The number of aromatic nitrogens is 1. The largest absolute Gasteiger partial charge is 0.357 e. The van der Waals surface area contributed by atoms with Crippen LogP contribution in [0.3, 0.4) is 0 Å². The van der Waals surface area contributed by atoms with Crippen LogP contribution in [0, 0.1) is 0 Å². The number of pyridine rings is 1. The average molecular weight is 343 g/mol. The molecule has 0 unspecified atom stereocenters. The first-order valence-corrected chi connectivity index (χ1v) is 8.60. The molecule has 0 saturated carbocycles. The van der Waals surface area contributed by atoms with Crippen LogP contribution in [0.15, 0.2) is 102 Å². The zero-order chi connectivity index (χ0) is 18.5. The summed E-state index contributed by atoms with van der Waals surface area (Å²) in [5.41, 5.74) is 4.62. The maximum absolute atomic E-state index is 12.8. The van der Waals surface area contributed by atoms with Crippen LogP contribution in [0.2, 0.25) is 0 Å². The maximum Gasteiger partial charge on any atom is 0.193 e. The van der Waals surface area contributed by atoms with Crippen LogP contribution >= 0.6 is 0 Å². The van der Waals surface area contributed by atoms with E-state index in [-0.39, 0.29) is 5.78 Å². The zero-order valence-electron chi connectivity index (χ0n) is 15.4. The van der Waals surface area contributed by atoms with E-state index in [0.717, 1.165) is 16.7 Å². The van der Waals surface area contributed by atoms with Crippen molar-refractivity contribution in [3.05, 3.63) is 107 Å². The van der Waals surface area contributed by atoms with Crippen molar-refractivity contribution in [2.24, 2.45) is 7.05 Å². The van der Waals surface area contributed by atoms with Crippen molar-refractivity contribution in [1.82, 2.24) is 4.90 Å². The summed E-state index contributed by atoms with van der Waals surface area (Å²) >= 11 is 0. The Labute approximate surface area is 155 Å². The van der Waals surface area contributed by atoms with Gasteiger partial charge in [-0.05, 0) is 47.9 Å². The highest BCUT2D eigenvalue weighted by atomic mass is 16.1. The number of carbonyl (C=O) groups is 1. The average Bonchev–Trinajstić information content (AvgIpc) is 2.63. The first-order valence-electron chi connectivity index (χ1n) is 8.60. The first-order chi connectivity index (χ1) is 12.5. The van der Waals surface area contributed by atoms with Gasteiger partial charge in [-0.2, -0.15) is 0 Å². The van der Waals surface area contributed by atoms with Crippen molar-refractivity contribution in [1.29, 1.82) is 0 Å². The van der Waals surface area contributed by atoms with Gasteiger partial charge in [0, 0.05) is 42.7 Å². The molecule has 3 rings (SSSR count). The van der Waals surface area contributed by atoms with Gasteiger partial charge in [0.25, 0.3) is 0 Å². The molecule has 0 spiro atoms. The van der Waals surface area contributed by atoms with E-state index < -0.39 is 0 Å². The molecule has 0 atom stereocenters. The standard InChI is InChI=1S/C23H23N2O/c1-18-16-21(6-4-19-8-12-24(2)13-9-19)23(26)22(17-18)7-5-20-10-14-25(3)15-11-20/h4-17H,1-3H3/q+1. The lowest BCUT2D eigenvalue weighted by Gasteiger charge is -2.12. The molecule has 0 radical (unpaired) electrons. The van der Waals surface area contributed by atoms with Gasteiger partial charge in [-0.15, -0.1) is 0 Å². The van der Waals surface area contributed by atoms with E-state index in [2.05, 4.69) is 0 Å². The Hall–Kier alpha value is -3.20. The first kappa shape index (κ1) is 17.6. The number of allylic oxidation sites excluding steroid dienone is 11. The lowest BCUT2D eigenvalue weighted by molar-refractivity contribution is -0.671. The Balaban J connectivity index is 1.80. The van der Waals surface area contributed by atoms with E-state index in [1.165, 1.54) is 0 Å². The fourth-order valence-corrected chi connectivity index (χ4v) is 2.70. The molecule has 0 saturated heterocycles. The number of carbonyl (C=O) groups excluding carboxylic acids is 1. The zero-order valence-corrected chi connectivity index (χ0v) is 15.4. The summed E-state index contributed by atoms with van der Waals surface area (Å²) in [5.74, 6) is 0.0473. The molecule has 2 heterocycles. The molecule has 0 bridgehead atoms. The van der Waals surface area contributed by atoms with Gasteiger partial charge in [0.15, 0.2) is 18.2 Å². The third kappa shape index (κ3) is 4.45. The number of hydrogen-bond acceptors (Lipinski definition) is 2. The topological polar surface area (TPSA) is 24.2 Å². The smallest absolute Gasteiger partial charge is 0.193 e. The van der Waals surface area contributed by atoms with Crippen LogP contribution in [0.4, 0.5) is 0 Å². The van der Waals surface area contributed by atoms with Crippen LogP contribution in [-0.2, 0) is 11.8 Å². The minimum atomic E-state index is 0.0473. The molecule has 1 aromatic heterocycles. The molecule has 2 aliphatic rings. The maximum atomic E-state index is 12.8. The van der Waals surface area contributed by atoms with E-state index in [4.69, 9.17) is 0 Å². The normalized spacial score (nSPS) is 18.6. The summed E-state index contributed by atoms with van der Waals surface area (Å²) in [6, 6.07) is 4.04. The molecular formula is C23H23N2O+. The van der Waals surface area contributed by atoms with Gasteiger partial charge in [0.1, 0.15) is 7.05 Å². The lowest BCUT2D eigenvalue weighted by atomic mass is 9.93. The van der Waals surface area contributed by atoms with Crippen LogP contribution in [0.1, 0.15) is 12.5 Å². The lowest BCUT2D eigenvalue weighted by Crippen LogP contribution is -2.25. The number of hydrogen-bond donors (Lipinski definition) is 0. The van der Waals surface area contributed by atoms with E-state index in [0.29, 0.717) is 11.1 Å². The molecule has 0 N–H and O–H groups in total. The molecule has 1 aliphatic heterocycles. The van der Waals surface area contributed by atoms with Crippen molar-refractivity contribution in [2.45, 2.75) is 6.92 Å². The Morgan fingerprint density at radius 1 is 1.00 bits per heavy atom. The molecular weight excluding hydrogens is 320 g/mol. The fourth-order valence-electron chi connectivity index (χ4n) is 2.70. The second-order valence-corrected chi connectivity index (χ2v) is 6.53. The molecule has 1 aromatic rings. The van der Waals surface area contributed by atoms with Crippen LogP contribution < -0.4 is 4.57 Å². The highest BCUT2D eigenvalue weighted by molar-refractivity contribution is 6.14. The summed E-state index contributed by atoms with van der Waals surface area (Å²) in [7, 11) is 3.96. The third-order valence-electron chi connectivity index (χ3n) is 4.21. The van der Waals surface area contributed by atoms with Gasteiger partial charge in [0.05, 0.1) is 0 Å².